The summed E-state index contributed by atoms with van der Waals surface area (Å²) in [6, 6.07) is 11.7. The lowest BCUT2D eigenvalue weighted by atomic mass is 9.77. The smallest absolute Gasteiger partial charge is 0.410 e. The number of carbonyl (C=O) groups is 2. The van der Waals surface area contributed by atoms with Gasteiger partial charge >= 0.3 is 6.09 Å². The van der Waals surface area contributed by atoms with Gasteiger partial charge in [-0.25, -0.2) is 4.79 Å². The number of nitrogens with zero attached hydrogens (tertiary/aromatic N) is 3. The summed E-state index contributed by atoms with van der Waals surface area (Å²) in [5.41, 5.74) is 3.02. The van der Waals surface area contributed by atoms with E-state index < -0.39 is 11.4 Å². The average molecular weight is 522 g/mol. The number of benzene rings is 1. The van der Waals surface area contributed by atoms with Gasteiger partial charge in [0.25, 0.3) is 5.91 Å². The van der Waals surface area contributed by atoms with E-state index in [2.05, 4.69) is 18.8 Å². The van der Waals surface area contributed by atoms with Crippen LogP contribution < -0.4 is 0 Å². The molecule has 2 spiro atoms. The van der Waals surface area contributed by atoms with Crippen molar-refractivity contribution < 1.29 is 23.8 Å². The fourth-order valence-corrected chi connectivity index (χ4v) is 5.58. The lowest BCUT2D eigenvalue weighted by Gasteiger charge is -2.51. The second-order valence-corrected chi connectivity index (χ2v) is 12.1. The predicted molar refractivity (Wildman–Crippen MR) is 144 cm³/mol. The van der Waals surface area contributed by atoms with E-state index in [4.69, 9.17) is 14.2 Å². The molecule has 2 aromatic rings. The van der Waals surface area contributed by atoms with Crippen LogP contribution >= 0.6 is 0 Å². The molecule has 1 aromatic heterocycles. The molecule has 2 amide bonds. The molecule has 0 bridgehead atoms. The molecular formula is C30H39N3O5. The van der Waals surface area contributed by atoms with Crippen molar-refractivity contribution in [3.8, 4) is 11.1 Å². The Morgan fingerprint density at radius 3 is 2.13 bits per heavy atom. The maximum atomic E-state index is 13.2. The summed E-state index contributed by atoms with van der Waals surface area (Å²) in [6.45, 7) is 8.40. The lowest BCUT2D eigenvalue weighted by Crippen LogP contribution is -2.56. The van der Waals surface area contributed by atoms with Crippen LogP contribution in [0.15, 0.2) is 42.6 Å². The zero-order valence-corrected chi connectivity index (χ0v) is 23.2. The lowest BCUT2D eigenvalue weighted by molar-refractivity contribution is -0.320. The van der Waals surface area contributed by atoms with E-state index in [0.29, 0.717) is 25.5 Å². The maximum absolute atomic E-state index is 13.2. The van der Waals surface area contributed by atoms with Gasteiger partial charge < -0.3 is 24.0 Å². The van der Waals surface area contributed by atoms with Crippen molar-refractivity contribution >= 4 is 12.0 Å². The first-order valence-corrected chi connectivity index (χ1v) is 13.6. The van der Waals surface area contributed by atoms with Gasteiger partial charge in [-0.15, -0.1) is 0 Å². The Bertz CT molecular complexity index is 1160. The van der Waals surface area contributed by atoms with Crippen LogP contribution in [0, 0.1) is 5.41 Å². The second-order valence-electron chi connectivity index (χ2n) is 12.1. The largest absolute Gasteiger partial charge is 0.443 e. The Balaban J connectivity index is 1.19. The molecule has 1 aromatic carbocycles. The highest BCUT2D eigenvalue weighted by Gasteiger charge is 2.51. The second kappa shape index (κ2) is 9.97. The summed E-state index contributed by atoms with van der Waals surface area (Å²) in [4.78, 5) is 32.9. The molecule has 0 N–H and O–H groups in total. The number of hydrogen-bond acceptors (Lipinski definition) is 6. The topological polar surface area (TPSA) is 81.2 Å². The van der Waals surface area contributed by atoms with E-state index in [1.807, 2.05) is 42.2 Å². The zero-order valence-electron chi connectivity index (χ0n) is 23.2. The minimum Gasteiger partial charge on any atom is -0.443 e. The minimum absolute atomic E-state index is 0.0421. The summed E-state index contributed by atoms with van der Waals surface area (Å²) in [6.07, 6.45) is 5.33. The molecule has 0 radical (unpaired) electrons. The van der Waals surface area contributed by atoms with Crippen LogP contribution in [0.2, 0.25) is 0 Å². The first-order chi connectivity index (χ1) is 18.0. The molecule has 3 fully saturated rings. The predicted octanol–water partition coefficient (Wildman–Crippen LogP) is 5.44. The van der Waals surface area contributed by atoms with Crippen molar-refractivity contribution in [3.05, 3.63) is 53.9 Å². The van der Waals surface area contributed by atoms with E-state index in [1.54, 1.807) is 26.4 Å². The first kappa shape index (κ1) is 26.6. The monoisotopic (exact) mass is 521 g/mol. The Labute approximate surface area is 225 Å². The summed E-state index contributed by atoms with van der Waals surface area (Å²) < 4.78 is 18.5. The summed E-state index contributed by atoms with van der Waals surface area (Å²) in [5, 5.41) is 0. The van der Waals surface area contributed by atoms with Gasteiger partial charge in [0.2, 0.25) is 0 Å². The van der Waals surface area contributed by atoms with Gasteiger partial charge in [0.1, 0.15) is 11.3 Å². The molecule has 0 unspecified atom stereocenters. The minimum atomic E-state index is -0.517. The molecule has 2 aliphatic heterocycles. The highest BCUT2D eigenvalue weighted by atomic mass is 16.7. The van der Waals surface area contributed by atoms with Crippen LogP contribution in [0.25, 0.3) is 11.1 Å². The van der Waals surface area contributed by atoms with Crippen LogP contribution in [0.5, 0.6) is 0 Å². The summed E-state index contributed by atoms with van der Waals surface area (Å²) in [5.74, 6) is -0.639. The average Bonchev–Trinajstić information content (AvgIpc) is 2.92. The zero-order chi connectivity index (χ0) is 27.1. The first-order valence-electron chi connectivity index (χ1n) is 13.6. The van der Waals surface area contributed by atoms with E-state index >= 15 is 0 Å². The van der Waals surface area contributed by atoms with E-state index in [9.17, 15) is 9.59 Å². The summed E-state index contributed by atoms with van der Waals surface area (Å²) in [7, 11) is 3.42. The van der Waals surface area contributed by atoms with Crippen LogP contribution in [0.3, 0.4) is 0 Å². The normalized spacial score (nSPS) is 22.7. The highest BCUT2D eigenvalue weighted by Crippen LogP contribution is 2.47. The fourth-order valence-electron chi connectivity index (χ4n) is 5.58. The molecule has 204 valence electrons. The molecule has 2 saturated heterocycles. The van der Waals surface area contributed by atoms with Gasteiger partial charge in [-0.05, 0) is 37.0 Å². The van der Waals surface area contributed by atoms with Crippen molar-refractivity contribution in [2.75, 3.05) is 33.9 Å². The van der Waals surface area contributed by atoms with Gasteiger partial charge in [-0.3, -0.25) is 9.78 Å². The van der Waals surface area contributed by atoms with E-state index in [0.717, 1.165) is 48.8 Å². The van der Waals surface area contributed by atoms with Gasteiger partial charge in [0, 0.05) is 57.1 Å². The van der Waals surface area contributed by atoms with Crippen molar-refractivity contribution in [3.63, 3.8) is 0 Å². The van der Waals surface area contributed by atoms with E-state index in [1.165, 1.54) is 4.90 Å². The van der Waals surface area contributed by atoms with Crippen molar-refractivity contribution in [1.29, 1.82) is 0 Å². The Kier molecular flexibility index (Phi) is 6.99. The van der Waals surface area contributed by atoms with Crippen molar-refractivity contribution in [1.82, 2.24) is 14.8 Å². The quantitative estimate of drug-likeness (QED) is 0.533. The van der Waals surface area contributed by atoms with Gasteiger partial charge in [-0.2, -0.15) is 0 Å². The number of carbonyl (C=O) groups excluding carboxylic acids is 2. The van der Waals surface area contributed by atoms with Crippen molar-refractivity contribution in [2.24, 2.45) is 5.41 Å². The fraction of sp³-hybridized carbons (Fsp3) is 0.567. The Hall–Kier alpha value is -2.97. The van der Waals surface area contributed by atoms with Gasteiger partial charge in [-0.1, -0.05) is 44.2 Å². The Morgan fingerprint density at radius 1 is 0.947 bits per heavy atom. The molecule has 3 heterocycles. The molecule has 3 aliphatic rings. The molecule has 8 nitrogen and oxygen atoms in total. The molecule has 5 rings (SSSR count). The summed E-state index contributed by atoms with van der Waals surface area (Å²) >= 11 is 0. The van der Waals surface area contributed by atoms with Crippen LogP contribution in [-0.2, 0) is 14.2 Å². The molecule has 1 atom stereocenters. The number of rotatable bonds is 4. The number of pyridine rings is 1. The van der Waals surface area contributed by atoms with Gasteiger partial charge in [0.05, 0.1) is 19.3 Å². The third-order valence-corrected chi connectivity index (χ3v) is 8.30. The number of amides is 2. The number of hydrogen-bond donors (Lipinski definition) is 0. The van der Waals surface area contributed by atoms with Crippen LogP contribution in [0.1, 0.15) is 75.0 Å². The number of ether oxygens (including phenoxy) is 3. The third kappa shape index (κ3) is 5.29. The molecule has 1 saturated carbocycles. The highest BCUT2D eigenvalue weighted by molar-refractivity contribution is 5.92. The van der Waals surface area contributed by atoms with Crippen LogP contribution in [-0.4, -0.2) is 72.0 Å². The molecular weight excluding hydrogens is 482 g/mol. The van der Waals surface area contributed by atoms with Gasteiger partial charge in [0.15, 0.2) is 5.79 Å². The molecule has 8 heteroatoms. The molecule has 1 aliphatic carbocycles. The SMILES string of the molecule is C[C@@H](c1ccc(-c2ccc(C(=O)N(C)C)nc2)cc1)N1CCC2(CCC3(CC2)OCC(C)(C)CO3)OC1=O. The Morgan fingerprint density at radius 2 is 1.58 bits per heavy atom. The third-order valence-electron chi connectivity index (χ3n) is 8.30. The molecule has 38 heavy (non-hydrogen) atoms. The standard InChI is InChI=1S/C30H39N3O5/c1-21(22-6-8-23(9-7-22)24-10-11-25(31-18-24)26(34)32(4)5)33-17-16-29(38-27(33)35)12-14-30(15-13-29)36-19-28(2,3)20-37-30/h6-11,18,21H,12-17,19-20H2,1-5H3/t21-/m0/s1. The maximum Gasteiger partial charge on any atom is 0.410 e. The number of aromatic nitrogens is 1. The van der Waals surface area contributed by atoms with Crippen molar-refractivity contribution in [2.45, 2.75) is 70.3 Å². The van der Waals surface area contributed by atoms with Crippen LogP contribution in [0.4, 0.5) is 4.79 Å². The van der Waals surface area contributed by atoms with E-state index in [-0.39, 0.29) is 23.5 Å².